The molecule has 0 fully saturated rings. The number of benzene rings is 1. The van der Waals surface area contributed by atoms with Gasteiger partial charge in [-0.3, -0.25) is 4.98 Å². The predicted octanol–water partition coefficient (Wildman–Crippen LogP) is 2.63. The number of pyridine rings is 1. The van der Waals surface area contributed by atoms with E-state index in [2.05, 4.69) is 14.5 Å². The standard InChI is InChI=1S/C16H14N4S/c17-15(21)14-4-2-1-3-13(14)11-20-10-9-19-16(20)12-5-7-18-8-6-12/h1-10H,11H2,(H2,17,21). The van der Waals surface area contributed by atoms with Crippen LogP contribution in [0.25, 0.3) is 11.4 Å². The SMILES string of the molecule is NC(=S)c1ccccc1Cn1ccnc1-c1ccncc1. The molecule has 2 aromatic heterocycles. The van der Waals surface area contributed by atoms with Crippen molar-refractivity contribution in [1.29, 1.82) is 0 Å². The number of aromatic nitrogens is 3. The van der Waals surface area contributed by atoms with Gasteiger partial charge in [0, 0.05) is 42.5 Å². The Labute approximate surface area is 128 Å². The van der Waals surface area contributed by atoms with Crippen LogP contribution in [0.15, 0.2) is 61.2 Å². The average Bonchev–Trinajstić information content (AvgIpc) is 2.96. The summed E-state index contributed by atoms with van der Waals surface area (Å²) in [4.78, 5) is 8.88. The van der Waals surface area contributed by atoms with E-state index in [0.717, 1.165) is 22.5 Å². The van der Waals surface area contributed by atoms with Crippen LogP contribution < -0.4 is 5.73 Å². The van der Waals surface area contributed by atoms with Crippen LogP contribution >= 0.6 is 12.2 Å². The zero-order chi connectivity index (χ0) is 14.7. The molecule has 3 rings (SSSR count). The van der Waals surface area contributed by atoms with Crippen molar-refractivity contribution in [3.8, 4) is 11.4 Å². The molecule has 0 unspecified atom stereocenters. The predicted molar refractivity (Wildman–Crippen MR) is 86.9 cm³/mol. The summed E-state index contributed by atoms with van der Waals surface area (Å²) in [6, 6.07) is 11.8. The lowest BCUT2D eigenvalue weighted by Gasteiger charge is -2.11. The minimum absolute atomic E-state index is 0.413. The fraction of sp³-hybridized carbons (Fsp3) is 0.0625. The monoisotopic (exact) mass is 294 g/mol. The molecule has 2 heterocycles. The minimum atomic E-state index is 0.413. The van der Waals surface area contributed by atoms with Gasteiger partial charge in [-0.2, -0.15) is 0 Å². The molecular weight excluding hydrogens is 280 g/mol. The number of hydrogen-bond acceptors (Lipinski definition) is 3. The summed E-state index contributed by atoms with van der Waals surface area (Å²) in [6.07, 6.45) is 7.26. The van der Waals surface area contributed by atoms with Gasteiger partial charge in [0.15, 0.2) is 0 Å². The van der Waals surface area contributed by atoms with Crippen molar-refractivity contribution in [3.05, 3.63) is 72.3 Å². The Morgan fingerprint density at radius 1 is 1.10 bits per heavy atom. The molecule has 0 saturated carbocycles. The molecule has 4 nitrogen and oxygen atoms in total. The molecule has 0 aliphatic rings. The summed E-state index contributed by atoms with van der Waals surface area (Å²) >= 11 is 5.12. The first-order valence-corrected chi connectivity index (χ1v) is 6.96. The number of thiocarbonyl (C=S) groups is 1. The lowest BCUT2D eigenvalue weighted by molar-refractivity contribution is 0.805. The van der Waals surface area contributed by atoms with Crippen LogP contribution in [0.2, 0.25) is 0 Å². The third-order valence-electron chi connectivity index (χ3n) is 3.28. The van der Waals surface area contributed by atoms with E-state index in [1.54, 1.807) is 18.6 Å². The van der Waals surface area contributed by atoms with Crippen LogP contribution in [0.5, 0.6) is 0 Å². The van der Waals surface area contributed by atoms with Gasteiger partial charge in [0.25, 0.3) is 0 Å². The molecule has 0 spiro atoms. The van der Waals surface area contributed by atoms with Gasteiger partial charge in [-0.25, -0.2) is 4.98 Å². The molecule has 0 atom stereocenters. The number of nitrogens with two attached hydrogens (primary N) is 1. The zero-order valence-electron chi connectivity index (χ0n) is 11.3. The van der Waals surface area contributed by atoms with Crippen LogP contribution in [-0.4, -0.2) is 19.5 Å². The highest BCUT2D eigenvalue weighted by Crippen LogP contribution is 2.19. The van der Waals surface area contributed by atoms with Crippen molar-refractivity contribution < 1.29 is 0 Å². The zero-order valence-corrected chi connectivity index (χ0v) is 12.1. The largest absolute Gasteiger partial charge is 0.389 e. The van der Waals surface area contributed by atoms with Crippen LogP contribution in [0.3, 0.4) is 0 Å². The molecular formula is C16H14N4S. The maximum atomic E-state index is 5.79. The minimum Gasteiger partial charge on any atom is -0.389 e. The molecule has 2 N–H and O–H groups in total. The van der Waals surface area contributed by atoms with E-state index in [1.165, 1.54) is 0 Å². The maximum Gasteiger partial charge on any atom is 0.140 e. The molecule has 104 valence electrons. The Morgan fingerprint density at radius 3 is 2.62 bits per heavy atom. The summed E-state index contributed by atoms with van der Waals surface area (Å²) < 4.78 is 2.08. The van der Waals surface area contributed by atoms with E-state index in [-0.39, 0.29) is 0 Å². The highest BCUT2D eigenvalue weighted by Gasteiger charge is 2.09. The lowest BCUT2D eigenvalue weighted by atomic mass is 10.1. The van der Waals surface area contributed by atoms with Crippen LogP contribution in [0.4, 0.5) is 0 Å². The first kappa shape index (κ1) is 13.5. The van der Waals surface area contributed by atoms with Crippen molar-refractivity contribution in [1.82, 2.24) is 14.5 Å². The first-order valence-electron chi connectivity index (χ1n) is 6.55. The van der Waals surface area contributed by atoms with Crippen molar-refractivity contribution >= 4 is 17.2 Å². The summed E-state index contributed by atoms with van der Waals surface area (Å²) in [5, 5.41) is 0. The molecule has 0 saturated heterocycles. The molecule has 0 radical (unpaired) electrons. The third kappa shape index (κ3) is 2.83. The van der Waals surface area contributed by atoms with Crippen molar-refractivity contribution in [2.24, 2.45) is 5.73 Å². The number of imidazole rings is 1. The Morgan fingerprint density at radius 2 is 1.86 bits per heavy atom. The Balaban J connectivity index is 1.98. The highest BCUT2D eigenvalue weighted by molar-refractivity contribution is 7.80. The fourth-order valence-electron chi connectivity index (χ4n) is 2.28. The fourth-order valence-corrected chi connectivity index (χ4v) is 2.48. The van der Waals surface area contributed by atoms with Gasteiger partial charge in [0.05, 0.1) is 0 Å². The van der Waals surface area contributed by atoms with Gasteiger partial charge in [-0.1, -0.05) is 36.5 Å². The first-order chi connectivity index (χ1) is 10.3. The van der Waals surface area contributed by atoms with Crippen molar-refractivity contribution in [2.75, 3.05) is 0 Å². The normalized spacial score (nSPS) is 10.5. The molecule has 0 amide bonds. The average molecular weight is 294 g/mol. The molecule has 0 aliphatic heterocycles. The van der Waals surface area contributed by atoms with Crippen molar-refractivity contribution in [2.45, 2.75) is 6.54 Å². The smallest absolute Gasteiger partial charge is 0.140 e. The summed E-state index contributed by atoms with van der Waals surface area (Å²) in [5.41, 5.74) is 8.81. The van der Waals surface area contributed by atoms with Gasteiger partial charge in [0.1, 0.15) is 10.8 Å². The van der Waals surface area contributed by atoms with Gasteiger partial charge in [0.2, 0.25) is 0 Å². The summed E-state index contributed by atoms with van der Waals surface area (Å²) in [7, 11) is 0. The van der Waals surface area contributed by atoms with Gasteiger partial charge in [-0.05, 0) is 17.7 Å². The number of rotatable bonds is 4. The van der Waals surface area contributed by atoms with E-state index >= 15 is 0 Å². The Hall–Kier alpha value is -2.53. The second-order valence-corrected chi connectivity index (χ2v) is 5.08. The lowest BCUT2D eigenvalue weighted by Crippen LogP contribution is -2.14. The van der Waals surface area contributed by atoms with E-state index in [4.69, 9.17) is 18.0 Å². The van der Waals surface area contributed by atoms with Gasteiger partial charge in [-0.15, -0.1) is 0 Å². The highest BCUT2D eigenvalue weighted by atomic mass is 32.1. The van der Waals surface area contributed by atoms with Gasteiger partial charge >= 0.3 is 0 Å². The molecule has 21 heavy (non-hydrogen) atoms. The second-order valence-electron chi connectivity index (χ2n) is 4.64. The third-order valence-corrected chi connectivity index (χ3v) is 3.50. The topological polar surface area (TPSA) is 56.7 Å². The van der Waals surface area contributed by atoms with Crippen LogP contribution in [0, 0.1) is 0 Å². The summed E-state index contributed by atoms with van der Waals surface area (Å²) in [6.45, 7) is 0.672. The summed E-state index contributed by atoms with van der Waals surface area (Å²) in [5.74, 6) is 0.898. The molecule has 5 heteroatoms. The van der Waals surface area contributed by atoms with E-state index in [1.807, 2.05) is 42.6 Å². The van der Waals surface area contributed by atoms with Crippen LogP contribution in [0.1, 0.15) is 11.1 Å². The molecule has 1 aromatic carbocycles. The van der Waals surface area contributed by atoms with E-state index < -0.39 is 0 Å². The molecule has 0 bridgehead atoms. The Bertz CT molecular complexity index is 765. The number of hydrogen-bond donors (Lipinski definition) is 1. The molecule has 0 aliphatic carbocycles. The van der Waals surface area contributed by atoms with E-state index in [9.17, 15) is 0 Å². The second kappa shape index (κ2) is 5.85. The maximum absolute atomic E-state index is 5.79. The number of nitrogens with zero attached hydrogens (tertiary/aromatic N) is 3. The van der Waals surface area contributed by atoms with Crippen molar-refractivity contribution in [3.63, 3.8) is 0 Å². The van der Waals surface area contributed by atoms with Gasteiger partial charge < -0.3 is 10.3 Å². The van der Waals surface area contributed by atoms with E-state index in [0.29, 0.717) is 11.5 Å². The van der Waals surface area contributed by atoms with Crippen LogP contribution in [-0.2, 0) is 6.54 Å². The Kier molecular flexibility index (Phi) is 3.75. The quantitative estimate of drug-likeness (QED) is 0.752. The molecule has 3 aromatic rings.